The van der Waals surface area contributed by atoms with Gasteiger partial charge in [0.1, 0.15) is 0 Å². The van der Waals surface area contributed by atoms with Gasteiger partial charge in [0.05, 0.1) is 6.54 Å². The lowest BCUT2D eigenvalue weighted by molar-refractivity contribution is 0.711. The van der Waals surface area contributed by atoms with E-state index in [2.05, 4.69) is 58.8 Å². The maximum atomic E-state index is 4.36. The van der Waals surface area contributed by atoms with Gasteiger partial charge in [0.25, 0.3) is 0 Å². The number of para-hydroxylation sites is 1. The van der Waals surface area contributed by atoms with Crippen LogP contribution in [0.15, 0.2) is 35.3 Å². The average Bonchev–Trinajstić information content (AvgIpc) is 2.76. The molecule has 1 aliphatic heterocycles. The molecule has 4 heteroatoms. The summed E-state index contributed by atoms with van der Waals surface area (Å²) in [5.41, 5.74) is 1.24. The first-order chi connectivity index (χ1) is 8.25. The van der Waals surface area contributed by atoms with Gasteiger partial charge in [-0.3, -0.25) is 4.99 Å². The maximum absolute atomic E-state index is 4.36. The molecule has 0 aromatic heterocycles. The second kappa shape index (κ2) is 5.57. The number of aliphatic imine (C=N–C) groups is 1. The lowest BCUT2D eigenvalue weighted by atomic mass is 10.3. The number of hydrogen-bond acceptors (Lipinski definition) is 4. The van der Waals surface area contributed by atoms with E-state index in [0.717, 1.165) is 25.6 Å². The number of anilines is 1. The van der Waals surface area contributed by atoms with Gasteiger partial charge in [0, 0.05) is 31.9 Å². The first-order valence-corrected chi connectivity index (χ1v) is 6.07. The molecule has 0 fully saturated rings. The molecule has 0 amide bonds. The molecule has 0 spiro atoms. The summed E-state index contributed by atoms with van der Waals surface area (Å²) in [6.45, 7) is 4.86. The van der Waals surface area contributed by atoms with Gasteiger partial charge in [-0.05, 0) is 19.1 Å². The molecular formula is C13H20N4. The molecule has 1 unspecified atom stereocenters. The molecule has 2 N–H and O–H groups in total. The molecule has 17 heavy (non-hydrogen) atoms. The van der Waals surface area contributed by atoms with Crippen molar-refractivity contribution in [2.75, 3.05) is 31.6 Å². The Labute approximate surface area is 103 Å². The van der Waals surface area contributed by atoms with Gasteiger partial charge < -0.3 is 15.5 Å². The van der Waals surface area contributed by atoms with Crippen molar-refractivity contribution in [3.05, 3.63) is 30.3 Å². The van der Waals surface area contributed by atoms with Crippen LogP contribution < -0.4 is 15.5 Å². The van der Waals surface area contributed by atoms with Crippen molar-refractivity contribution in [3.8, 4) is 0 Å². The zero-order valence-electron chi connectivity index (χ0n) is 10.5. The van der Waals surface area contributed by atoms with Crippen LogP contribution in [0.2, 0.25) is 0 Å². The molecule has 1 heterocycles. The summed E-state index contributed by atoms with van der Waals surface area (Å²) in [6, 6.07) is 10.9. The van der Waals surface area contributed by atoms with Crippen LogP contribution >= 0.6 is 0 Å². The summed E-state index contributed by atoms with van der Waals surface area (Å²) in [5, 5.41) is 6.60. The Bertz CT molecular complexity index is 374. The molecular weight excluding hydrogens is 212 g/mol. The second-order valence-corrected chi connectivity index (χ2v) is 4.42. The lowest BCUT2D eigenvalue weighted by Gasteiger charge is -2.19. The van der Waals surface area contributed by atoms with Crippen LogP contribution in [0.25, 0.3) is 0 Å². The largest absolute Gasteiger partial charge is 0.373 e. The minimum absolute atomic E-state index is 0.462. The first kappa shape index (κ1) is 11.8. The van der Waals surface area contributed by atoms with Crippen LogP contribution in [-0.2, 0) is 0 Å². The molecule has 0 saturated carbocycles. The van der Waals surface area contributed by atoms with Crippen molar-refractivity contribution in [3.63, 3.8) is 0 Å². The Hall–Kier alpha value is -1.71. The molecule has 1 atom stereocenters. The lowest BCUT2D eigenvalue weighted by Crippen LogP contribution is -2.40. The van der Waals surface area contributed by atoms with Gasteiger partial charge >= 0.3 is 0 Å². The molecule has 1 aromatic carbocycles. The molecule has 1 aliphatic rings. The van der Waals surface area contributed by atoms with E-state index >= 15 is 0 Å². The Morgan fingerprint density at radius 3 is 2.82 bits per heavy atom. The number of benzene rings is 1. The number of rotatable bonds is 4. The van der Waals surface area contributed by atoms with E-state index in [9.17, 15) is 0 Å². The highest BCUT2D eigenvalue weighted by atomic mass is 15.2. The third kappa shape index (κ3) is 3.37. The van der Waals surface area contributed by atoms with Gasteiger partial charge in [0.15, 0.2) is 5.96 Å². The summed E-state index contributed by atoms with van der Waals surface area (Å²) in [6.07, 6.45) is 0. The SMILES string of the molecule is CC1CN=C(NCCN(C)c2ccccc2)N1. The van der Waals surface area contributed by atoms with Crippen LogP contribution in [0.1, 0.15) is 6.92 Å². The van der Waals surface area contributed by atoms with Crippen molar-refractivity contribution in [1.29, 1.82) is 0 Å². The van der Waals surface area contributed by atoms with Crippen LogP contribution in [0, 0.1) is 0 Å². The summed E-state index contributed by atoms with van der Waals surface area (Å²) >= 11 is 0. The van der Waals surface area contributed by atoms with Crippen molar-refractivity contribution in [2.24, 2.45) is 4.99 Å². The third-order valence-corrected chi connectivity index (χ3v) is 2.84. The third-order valence-electron chi connectivity index (χ3n) is 2.84. The fourth-order valence-electron chi connectivity index (χ4n) is 1.81. The zero-order chi connectivity index (χ0) is 12.1. The normalized spacial score (nSPS) is 18.5. The predicted molar refractivity (Wildman–Crippen MR) is 72.6 cm³/mol. The van der Waals surface area contributed by atoms with Gasteiger partial charge in [0.2, 0.25) is 0 Å². The first-order valence-electron chi connectivity index (χ1n) is 6.07. The van der Waals surface area contributed by atoms with Gasteiger partial charge in [-0.15, -0.1) is 0 Å². The highest BCUT2D eigenvalue weighted by Crippen LogP contribution is 2.09. The summed E-state index contributed by atoms with van der Waals surface area (Å²) in [7, 11) is 2.10. The van der Waals surface area contributed by atoms with Crippen molar-refractivity contribution in [2.45, 2.75) is 13.0 Å². The van der Waals surface area contributed by atoms with E-state index in [1.54, 1.807) is 0 Å². The van der Waals surface area contributed by atoms with E-state index < -0.39 is 0 Å². The van der Waals surface area contributed by atoms with Crippen molar-refractivity contribution < 1.29 is 0 Å². The Morgan fingerprint density at radius 2 is 2.18 bits per heavy atom. The number of nitrogens with zero attached hydrogens (tertiary/aromatic N) is 2. The average molecular weight is 232 g/mol. The molecule has 0 aliphatic carbocycles. The number of likely N-dealkylation sites (N-methyl/N-ethyl adjacent to an activating group) is 1. The monoisotopic (exact) mass is 232 g/mol. The highest BCUT2D eigenvalue weighted by molar-refractivity contribution is 5.81. The van der Waals surface area contributed by atoms with E-state index in [-0.39, 0.29) is 0 Å². The minimum atomic E-state index is 0.462. The summed E-state index contributed by atoms with van der Waals surface area (Å²) in [4.78, 5) is 6.59. The molecule has 92 valence electrons. The predicted octanol–water partition coefficient (Wildman–Crippen LogP) is 1.06. The van der Waals surface area contributed by atoms with Gasteiger partial charge in [-0.1, -0.05) is 18.2 Å². The van der Waals surface area contributed by atoms with E-state index in [0.29, 0.717) is 6.04 Å². The zero-order valence-corrected chi connectivity index (χ0v) is 10.5. The van der Waals surface area contributed by atoms with Gasteiger partial charge in [-0.25, -0.2) is 0 Å². The highest BCUT2D eigenvalue weighted by Gasteiger charge is 2.11. The molecule has 2 rings (SSSR count). The van der Waals surface area contributed by atoms with E-state index in [4.69, 9.17) is 0 Å². The fourth-order valence-corrected chi connectivity index (χ4v) is 1.81. The molecule has 0 radical (unpaired) electrons. The van der Waals surface area contributed by atoms with Crippen LogP contribution in [0.5, 0.6) is 0 Å². The Balaban J connectivity index is 1.72. The van der Waals surface area contributed by atoms with Crippen LogP contribution in [0.4, 0.5) is 5.69 Å². The molecule has 0 bridgehead atoms. The summed E-state index contributed by atoms with van der Waals surface area (Å²) in [5.74, 6) is 0.930. The topological polar surface area (TPSA) is 39.7 Å². The van der Waals surface area contributed by atoms with Gasteiger partial charge in [-0.2, -0.15) is 0 Å². The number of nitrogens with one attached hydrogen (secondary N) is 2. The molecule has 0 saturated heterocycles. The molecule has 1 aromatic rings. The quantitative estimate of drug-likeness (QED) is 0.815. The van der Waals surface area contributed by atoms with Crippen LogP contribution in [-0.4, -0.2) is 38.7 Å². The van der Waals surface area contributed by atoms with Crippen molar-refractivity contribution >= 4 is 11.6 Å². The number of guanidine groups is 1. The Morgan fingerprint density at radius 1 is 1.41 bits per heavy atom. The second-order valence-electron chi connectivity index (χ2n) is 4.42. The smallest absolute Gasteiger partial charge is 0.191 e. The number of hydrogen-bond donors (Lipinski definition) is 2. The minimum Gasteiger partial charge on any atom is -0.373 e. The molecule has 4 nitrogen and oxygen atoms in total. The maximum Gasteiger partial charge on any atom is 0.191 e. The summed E-state index contributed by atoms with van der Waals surface area (Å²) < 4.78 is 0. The Kier molecular flexibility index (Phi) is 3.85. The van der Waals surface area contributed by atoms with E-state index in [1.807, 2.05) is 6.07 Å². The van der Waals surface area contributed by atoms with Crippen molar-refractivity contribution in [1.82, 2.24) is 10.6 Å². The fraction of sp³-hybridized carbons (Fsp3) is 0.462. The van der Waals surface area contributed by atoms with E-state index in [1.165, 1.54) is 5.69 Å². The van der Waals surface area contributed by atoms with Crippen LogP contribution in [0.3, 0.4) is 0 Å². The standard InChI is InChI=1S/C13H20N4/c1-11-10-15-13(16-11)14-8-9-17(2)12-6-4-3-5-7-12/h3-7,11H,8-10H2,1-2H3,(H2,14,15,16).